The molecule has 2 aromatic heterocycles. The van der Waals surface area contributed by atoms with Crippen molar-refractivity contribution in [2.24, 2.45) is 0 Å². The largest absolute Gasteiger partial charge is 0.497 e. The fraction of sp³-hybridized carbons (Fsp3) is 0.320. The molecule has 1 aliphatic rings. The predicted octanol–water partition coefficient (Wildman–Crippen LogP) is 3.81. The number of fused-ring (bicyclic) bond motifs is 2. The van der Waals surface area contributed by atoms with Crippen LogP contribution in [-0.4, -0.2) is 47.1 Å². The summed E-state index contributed by atoms with van der Waals surface area (Å²) in [6.45, 7) is 3.06. The molecule has 5 rings (SSSR count). The van der Waals surface area contributed by atoms with Crippen LogP contribution in [-0.2, 0) is 11.3 Å². The highest BCUT2D eigenvalue weighted by Crippen LogP contribution is 2.30. The molecule has 1 N–H and O–H groups in total. The zero-order valence-electron chi connectivity index (χ0n) is 18.6. The van der Waals surface area contributed by atoms with Crippen molar-refractivity contribution < 1.29 is 18.7 Å². The lowest BCUT2D eigenvalue weighted by molar-refractivity contribution is 0.0479. The number of ether oxygens (including phenoxy) is 2. The van der Waals surface area contributed by atoms with Crippen LogP contribution in [0.15, 0.2) is 51.7 Å². The van der Waals surface area contributed by atoms with Crippen LogP contribution in [0.1, 0.15) is 34.8 Å². The molecule has 8 heteroatoms. The van der Waals surface area contributed by atoms with Crippen molar-refractivity contribution in [2.45, 2.75) is 32.4 Å². The number of amides is 1. The maximum atomic E-state index is 13.7. The Kier molecular flexibility index (Phi) is 5.60. The minimum absolute atomic E-state index is 0.0640. The second-order valence-corrected chi connectivity index (χ2v) is 8.27. The van der Waals surface area contributed by atoms with E-state index in [1.54, 1.807) is 42.3 Å². The molecule has 0 bridgehead atoms. The van der Waals surface area contributed by atoms with E-state index in [0.717, 1.165) is 23.8 Å². The van der Waals surface area contributed by atoms with Crippen molar-refractivity contribution in [3.8, 4) is 5.75 Å². The van der Waals surface area contributed by atoms with E-state index in [0.29, 0.717) is 41.2 Å². The van der Waals surface area contributed by atoms with Crippen molar-refractivity contribution >= 4 is 27.8 Å². The summed E-state index contributed by atoms with van der Waals surface area (Å²) in [5, 5.41) is 1.34. The highest BCUT2D eigenvalue weighted by atomic mass is 16.5. The summed E-state index contributed by atoms with van der Waals surface area (Å²) >= 11 is 0. The maximum Gasteiger partial charge on any atom is 0.290 e. The van der Waals surface area contributed by atoms with Gasteiger partial charge in [0.2, 0.25) is 0 Å². The minimum atomic E-state index is -0.269. The summed E-state index contributed by atoms with van der Waals surface area (Å²) in [5.74, 6) is 1.10. The lowest BCUT2D eigenvalue weighted by Crippen LogP contribution is -2.38. The average Bonchev–Trinajstić information content (AvgIpc) is 3.46. The second kappa shape index (κ2) is 8.71. The normalized spacial score (nSPS) is 15.9. The monoisotopic (exact) mass is 447 g/mol. The number of aromatic nitrogens is 2. The molecule has 0 spiro atoms. The van der Waals surface area contributed by atoms with Crippen LogP contribution in [0.25, 0.3) is 21.9 Å². The number of nitrogens with one attached hydrogen (secondary N) is 1. The Hall–Kier alpha value is -3.65. The van der Waals surface area contributed by atoms with E-state index >= 15 is 0 Å². The minimum Gasteiger partial charge on any atom is -0.497 e. The third-order valence-corrected chi connectivity index (χ3v) is 6.08. The Morgan fingerprint density at radius 3 is 2.88 bits per heavy atom. The highest BCUT2D eigenvalue weighted by molar-refractivity contribution is 5.99. The van der Waals surface area contributed by atoms with Gasteiger partial charge in [-0.1, -0.05) is 12.1 Å². The summed E-state index contributed by atoms with van der Waals surface area (Å²) in [5.41, 5.74) is 1.72. The maximum absolute atomic E-state index is 13.7. The number of hydrogen-bond donors (Lipinski definition) is 1. The van der Waals surface area contributed by atoms with E-state index < -0.39 is 0 Å². The first kappa shape index (κ1) is 21.2. The van der Waals surface area contributed by atoms with Crippen LogP contribution in [0.2, 0.25) is 0 Å². The molecule has 1 aliphatic heterocycles. The molecule has 33 heavy (non-hydrogen) atoms. The highest BCUT2D eigenvalue weighted by Gasteiger charge is 2.28. The molecule has 1 saturated heterocycles. The molecule has 3 heterocycles. The van der Waals surface area contributed by atoms with E-state index in [1.807, 2.05) is 19.1 Å². The third kappa shape index (κ3) is 4.09. The van der Waals surface area contributed by atoms with Crippen LogP contribution in [0.4, 0.5) is 0 Å². The van der Waals surface area contributed by atoms with E-state index in [1.165, 1.54) is 0 Å². The zero-order valence-corrected chi connectivity index (χ0v) is 18.6. The van der Waals surface area contributed by atoms with Gasteiger partial charge in [-0.25, -0.2) is 4.98 Å². The molecule has 0 aliphatic carbocycles. The van der Waals surface area contributed by atoms with E-state index in [-0.39, 0.29) is 29.9 Å². The molecule has 0 saturated carbocycles. The number of carbonyl (C=O) groups excluding carboxylic acids is 1. The summed E-state index contributed by atoms with van der Waals surface area (Å²) in [6.07, 6.45) is 1.77. The second-order valence-electron chi connectivity index (χ2n) is 8.27. The van der Waals surface area contributed by atoms with Crippen LogP contribution >= 0.6 is 0 Å². The molecule has 1 amide bonds. The SMILES string of the molecule is COc1ccc2oc(C(=O)N(Cc3nc4ccccc4c(=O)[nH]3)CC3CCCO3)c(C)c2c1. The van der Waals surface area contributed by atoms with Gasteiger partial charge in [-0.05, 0) is 50.1 Å². The molecular formula is C25H25N3O5. The number of aromatic amines is 1. The van der Waals surface area contributed by atoms with Crippen LogP contribution in [0, 0.1) is 6.92 Å². The number of hydrogen-bond acceptors (Lipinski definition) is 6. The topological polar surface area (TPSA) is 97.7 Å². The predicted molar refractivity (Wildman–Crippen MR) is 124 cm³/mol. The van der Waals surface area contributed by atoms with Gasteiger partial charge >= 0.3 is 0 Å². The number of H-pyrrole nitrogens is 1. The van der Waals surface area contributed by atoms with Gasteiger partial charge in [-0.2, -0.15) is 0 Å². The zero-order chi connectivity index (χ0) is 22.9. The molecule has 1 unspecified atom stereocenters. The van der Waals surface area contributed by atoms with Gasteiger partial charge in [0.05, 0.1) is 30.7 Å². The number of methoxy groups -OCH3 is 1. The molecule has 170 valence electrons. The number of benzene rings is 2. The average molecular weight is 447 g/mol. The summed E-state index contributed by atoms with van der Waals surface area (Å²) < 4.78 is 17.1. The van der Waals surface area contributed by atoms with Crippen molar-refractivity contribution in [1.82, 2.24) is 14.9 Å². The van der Waals surface area contributed by atoms with E-state index in [2.05, 4.69) is 9.97 Å². The Balaban J connectivity index is 1.51. The van der Waals surface area contributed by atoms with Gasteiger partial charge in [0.25, 0.3) is 11.5 Å². The van der Waals surface area contributed by atoms with Gasteiger partial charge in [0.1, 0.15) is 17.2 Å². The van der Waals surface area contributed by atoms with Gasteiger partial charge in [-0.3, -0.25) is 9.59 Å². The lowest BCUT2D eigenvalue weighted by Gasteiger charge is -2.24. The van der Waals surface area contributed by atoms with E-state index in [9.17, 15) is 9.59 Å². The Morgan fingerprint density at radius 1 is 1.24 bits per heavy atom. The lowest BCUT2D eigenvalue weighted by atomic mass is 10.1. The summed E-state index contributed by atoms with van der Waals surface area (Å²) in [7, 11) is 1.60. The first-order valence-corrected chi connectivity index (χ1v) is 11.0. The van der Waals surface area contributed by atoms with Crippen molar-refractivity contribution in [3.05, 3.63) is 70.0 Å². The first-order valence-electron chi connectivity index (χ1n) is 11.0. The quantitative estimate of drug-likeness (QED) is 0.483. The number of nitrogens with zero attached hydrogens (tertiary/aromatic N) is 2. The van der Waals surface area contributed by atoms with Crippen molar-refractivity contribution in [3.63, 3.8) is 0 Å². The van der Waals surface area contributed by atoms with Crippen LogP contribution in [0.5, 0.6) is 5.75 Å². The van der Waals surface area contributed by atoms with E-state index in [4.69, 9.17) is 13.9 Å². The summed E-state index contributed by atoms with van der Waals surface area (Å²) in [6, 6.07) is 12.6. The van der Waals surface area contributed by atoms with Gasteiger partial charge < -0.3 is 23.8 Å². The molecule has 1 fully saturated rings. The van der Waals surface area contributed by atoms with Crippen molar-refractivity contribution in [2.75, 3.05) is 20.3 Å². The Morgan fingerprint density at radius 2 is 2.09 bits per heavy atom. The molecular weight excluding hydrogens is 422 g/mol. The third-order valence-electron chi connectivity index (χ3n) is 6.08. The number of rotatable bonds is 6. The molecule has 2 aromatic carbocycles. The number of para-hydroxylation sites is 1. The van der Waals surface area contributed by atoms with Crippen LogP contribution < -0.4 is 10.3 Å². The van der Waals surface area contributed by atoms with Crippen molar-refractivity contribution in [1.29, 1.82) is 0 Å². The molecule has 1 atom stereocenters. The first-order chi connectivity index (χ1) is 16.0. The Bertz CT molecular complexity index is 1380. The van der Waals surface area contributed by atoms with Gasteiger partial charge in [0.15, 0.2) is 5.76 Å². The number of aryl methyl sites for hydroxylation is 1. The fourth-order valence-corrected chi connectivity index (χ4v) is 4.32. The van der Waals surface area contributed by atoms with Crippen LogP contribution in [0.3, 0.4) is 0 Å². The molecule has 0 radical (unpaired) electrons. The summed E-state index contributed by atoms with van der Waals surface area (Å²) in [4.78, 5) is 35.2. The smallest absolute Gasteiger partial charge is 0.290 e. The van der Waals surface area contributed by atoms with Gasteiger partial charge in [0, 0.05) is 24.1 Å². The molecule has 8 nitrogen and oxygen atoms in total. The molecule has 4 aromatic rings. The number of carbonyl (C=O) groups is 1. The van der Waals surface area contributed by atoms with Gasteiger partial charge in [-0.15, -0.1) is 0 Å². The fourth-order valence-electron chi connectivity index (χ4n) is 4.32. The number of furan rings is 1. The standard InChI is InChI=1S/C25H25N3O5/c1-15-19-12-16(31-2)9-10-21(19)33-23(15)25(30)28(13-17-6-5-11-32-17)14-22-26-20-8-4-3-7-18(20)24(29)27-22/h3-4,7-10,12,17H,5-6,11,13-14H2,1-2H3,(H,26,27,29). The Labute approximate surface area is 190 Å².